The van der Waals surface area contributed by atoms with Crippen LogP contribution in [0.2, 0.25) is 0 Å². The van der Waals surface area contributed by atoms with Gasteiger partial charge in [-0.1, -0.05) is 6.07 Å². The number of benzene rings is 1. The number of methoxy groups -OCH3 is 1. The van der Waals surface area contributed by atoms with Crippen molar-refractivity contribution >= 4 is 17.7 Å². The minimum Gasteiger partial charge on any atom is -0.507 e. The third kappa shape index (κ3) is 1.95. The molecule has 0 aliphatic heterocycles. The number of ether oxygens (including phenoxy) is 1. The van der Waals surface area contributed by atoms with Crippen molar-refractivity contribution < 1.29 is 14.6 Å². The molecule has 3 nitrogen and oxygen atoms in total. The summed E-state index contributed by atoms with van der Waals surface area (Å²) in [5.74, 6) is -0.554. The molecule has 0 spiro atoms. The van der Waals surface area contributed by atoms with E-state index in [1.54, 1.807) is 12.1 Å². The molecule has 4 heteroatoms. The lowest BCUT2D eigenvalue weighted by atomic mass is 10.2. The Balaban J connectivity index is 3.22. The molecule has 0 aliphatic rings. The normalized spacial score (nSPS) is 9.69. The molecule has 0 saturated carbocycles. The molecule has 0 aromatic heterocycles. The molecular weight excluding hydrogens is 188 g/mol. The summed E-state index contributed by atoms with van der Waals surface area (Å²) in [5, 5.41) is 9.41. The third-order valence-corrected chi connectivity index (χ3v) is 2.39. The second-order valence-corrected chi connectivity index (χ2v) is 3.19. The summed E-state index contributed by atoms with van der Waals surface area (Å²) in [4.78, 5) is 11.9. The van der Waals surface area contributed by atoms with Crippen LogP contribution >= 0.6 is 11.8 Å². The van der Waals surface area contributed by atoms with E-state index >= 15 is 0 Å². The lowest BCUT2D eigenvalue weighted by Crippen LogP contribution is -2.03. The smallest absolute Gasteiger partial charge is 0.342 e. The highest BCUT2D eigenvalue weighted by atomic mass is 32.2. The number of rotatable bonds is 2. The van der Waals surface area contributed by atoms with Gasteiger partial charge in [0.05, 0.1) is 7.11 Å². The zero-order valence-corrected chi connectivity index (χ0v) is 8.22. The summed E-state index contributed by atoms with van der Waals surface area (Å²) < 4.78 is 4.55. The number of aromatic hydroxyl groups is 1. The van der Waals surface area contributed by atoms with Crippen LogP contribution in [-0.4, -0.2) is 24.4 Å². The van der Waals surface area contributed by atoms with Crippen molar-refractivity contribution in [3.8, 4) is 5.75 Å². The van der Waals surface area contributed by atoms with Crippen LogP contribution in [-0.2, 0) is 4.74 Å². The van der Waals surface area contributed by atoms with Gasteiger partial charge in [0.2, 0.25) is 0 Å². The minimum atomic E-state index is -0.512. The third-order valence-electron chi connectivity index (χ3n) is 1.61. The van der Waals surface area contributed by atoms with E-state index in [4.69, 9.17) is 0 Å². The highest BCUT2D eigenvalue weighted by molar-refractivity contribution is 7.98. The Hall–Kier alpha value is -1.16. The van der Waals surface area contributed by atoms with Gasteiger partial charge in [0.25, 0.3) is 0 Å². The maximum atomic E-state index is 11.2. The predicted octanol–water partition coefficient (Wildman–Crippen LogP) is 1.90. The molecule has 1 aromatic carbocycles. The highest BCUT2D eigenvalue weighted by Crippen LogP contribution is 2.28. The van der Waals surface area contributed by atoms with Crippen molar-refractivity contribution in [2.24, 2.45) is 0 Å². The molecular formula is C9H10O3S. The fourth-order valence-electron chi connectivity index (χ4n) is 0.997. The topological polar surface area (TPSA) is 46.5 Å². The van der Waals surface area contributed by atoms with Crippen LogP contribution in [0, 0.1) is 0 Å². The van der Waals surface area contributed by atoms with Gasteiger partial charge in [0.1, 0.15) is 11.3 Å². The van der Waals surface area contributed by atoms with Gasteiger partial charge in [0, 0.05) is 4.90 Å². The summed E-state index contributed by atoms with van der Waals surface area (Å²) in [5.41, 5.74) is 0.234. The van der Waals surface area contributed by atoms with Gasteiger partial charge in [-0.15, -0.1) is 11.8 Å². The van der Waals surface area contributed by atoms with Crippen LogP contribution in [0.15, 0.2) is 23.1 Å². The molecule has 0 heterocycles. The molecule has 13 heavy (non-hydrogen) atoms. The molecule has 1 rings (SSSR count). The van der Waals surface area contributed by atoms with Crippen LogP contribution in [0.1, 0.15) is 10.4 Å². The van der Waals surface area contributed by atoms with Crippen molar-refractivity contribution in [1.29, 1.82) is 0 Å². The summed E-state index contributed by atoms with van der Waals surface area (Å²) >= 11 is 1.39. The number of carbonyl (C=O) groups excluding carboxylic acids is 1. The fourth-order valence-corrected chi connectivity index (χ4v) is 1.60. The molecule has 0 amide bonds. The largest absolute Gasteiger partial charge is 0.507 e. The Morgan fingerprint density at radius 1 is 1.54 bits per heavy atom. The SMILES string of the molecule is COC(=O)c1c(O)cccc1SC. The second kappa shape index (κ2) is 4.18. The van der Waals surface area contributed by atoms with E-state index in [1.807, 2.05) is 6.26 Å². The van der Waals surface area contributed by atoms with E-state index in [0.717, 1.165) is 0 Å². The Bertz CT molecular complexity index is 323. The summed E-state index contributed by atoms with van der Waals surface area (Å²) in [6.45, 7) is 0. The summed E-state index contributed by atoms with van der Waals surface area (Å²) in [7, 11) is 1.29. The van der Waals surface area contributed by atoms with Crippen molar-refractivity contribution in [1.82, 2.24) is 0 Å². The molecule has 1 aromatic rings. The number of hydrogen-bond acceptors (Lipinski definition) is 4. The van der Waals surface area contributed by atoms with Gasteiger partial charge < -0.3 is 9.84 Å². The number of phenols is 1. The number of carbonyl (C=O) groups is 1. The Labute approximate surface area is 80.7 Å². The molecule has 0 saturated heterocycles. The molecule has 70 valence electrons. The van der Waals surface area contributed by atoms with Gasteiger partial charge in [-0.2, -0.15) is 0 Å². The standard InChI is InChI=1S/C9H10O3S/c1-12-9(11)8-6(10)4-3-5-7(8)13-2/h3-5,10H,1-2H3. The van der Waals surface area contributed by atoms with E-state index < -0.39 is 5.97 Å². The quantitative estimate of drug-likeness (QED) is 0.582. The maximum Gasteiger partial charge on any atom is 0.342 e. The van der Waals surface area contributed by atoms with E-state index in [1.165, 1.54) is 24.9 Å². The highest BCUT2D eigenvalue weighted by Gasteiger charge is 2.15. The van der Waals surface area contributed by atoms with E-state index in [0.29, 0.717) is 4.90 Å². The summed E-state index contributed by atoms with van der Waals surface area (Å²) in [6, 6.07) is 4.91. The fraction of sp³-hybridized carbons (Fsp3) is 0.222. The summed E-state index contributed by atoms with van der Waals surface area (Å²) in [6.07, 6.45) is 1.83. The van der Waals surface area contributed by atoms with E-state index in [-0.39, 0.29) is 11.3 Å². The average molecular weight is 198 g/mol. The average Bonchev–Trinajstić information content (AvgIpc) is 2.16. The first-order valence-corrected chi connectivity index (χ1v) is 4.87. The number of hydrogen-bond donors (Lipinski definition) is 1. The lowest BCUT2D eigenvalue weighted by Gasteiger charge is -2.06. The first kappa shape index (κ1) is 9.92. The molecule has 0 bridgehead atoms. The molecule has 0 fully saturated rings. The number of thioether (sulfide) groups is 1. The van der Waals surface area contributed by atoms with Crippen LogP contribution < -0.4 is 0 Å². The Kier molecular flexibility index (Phi) is 3.19. The zero-order chi connectivity index (χ0) is 9.84. The van der Waals surface area contributed by atoms with Crippen molar-refractivity contribution in [2.45, 2.75) is 4.90 Å². The van der Waals surface area contributed by atoms with Crippen LogP contribution in [0.4, 0.5) is 0 Å². The van der Waals surface area contributed by atoms with Gasteiger partial charge in [0.15, 0.2) is 0 Å². The van der Waals surface area contributed by atoms with Crippen LogP contribution in [0.25, 0.3) is 0 Å². The molecule has 1 N–H and O–H groups in total. The van der Waals surface area contributed by atoms with E-state index in [9.17, 15) is 9.90 Å². The predicted molar refractivity (Wildman–Crippen MR) is 51.2 cm³/mol. The Morgan fingerprint density at radius 3 is 2.77 bits per heavy atom. The van der Waals surface area contributed by atoms with Gasteiger partial charge >= 0.3 is 5.97 Å². The molecule has 0 unspecified atom stereocenters. The van der Waals surface area contributed by atoms with E-state index in [2.05, 4.69) is 4.74 Å². The van der Waals surface area contributed by atoms with Crippen LogP contribution in [0.5, 0.6) is 5.75 Å². The minimum absolute atomic E-state index is 0.0429. The molecule has 0 radical (unpaired) electrons. The van der Waals surface area contributed by atoms with Gasteiger partial charge in [-0.3, -0.25) is 0 Å². The van der Waals surface area contributed by atoms with Crippen molar-refractivity contribution in [3.63, 3.8) is 0 Å². The maximum absolute atomic E-state index is 11.2. The lowest BCUT2D eigenvalue weighted by molar-refractivity contribution is 0.0593. The monoisotopic (exact) mass is 198 g/mol. The van der Waals surface area contributed by atoms with Gasteiger partial charge in [-0.25, -0.2) is 4.79 Å². The Morgan fingerprint density at radius 2 is 2.23 bits per heavy atom. The number of esters is 1. The van der Waals surface area contributed by atoms with Crippen LogP contribution in [0.3, 0.4) is 0 Å². The first-order chi connectivity index (χ1) is 6.20. The molecule has 0 atom stereocenters. The number of phenolic OH excluding ortho intramolecular Hbond substituents is 1. The van der Waals surface area contributed by atoms with Crippen molar-refractivity contribution in [3.05, 3.63) is 23.8 Å². The zero-order valence-electron chi connectivity index (χ0n) is 7.40. The first-order valence-electron chi connectivity index (χ1n) is 3.65. The van der Waals surface area contributed by atoms with Gasteiger partial charge in [-0.05, 0) is 18.4 Å². The second-order valence-electron chi connectivity index (χ2n) is 2.35. The molecule has 0 aliphatic carbocycles. The van der Waals surface area contributed by atoms with Crippen molar-refractivity contribution in [2.75, 3.05) is 13.4 Å².